The third-order valence-corrected chi connectivity index (χ3v) is 2.34. The molecule has 5 heteroatoms. The molecule has 0 radical (unpaired) electrons. The van der Waals surface area contributed by atoms with Gasteiger partial charge in [-0.2, -0.15) is 13.2 Å². The maximum absolute atomic E-state index is 12.3. The van der Waals surface area contributed by atoms with Crippen molar-refractivity contribution in [1.82, 2.24) is 4.98 Å². The third-order valence-electron chi connectivity index (χ3n) is 2.34. The lowest BCUT2D eigenvalue weighted by Crippen LogP contribution is -2.08. The molecule has 2 aromatic rings. The standard InChI is InChI=1S/C12H8F3NO/c13-12(14,15)9-5-3-8(4-6-9)10-2-1-7-16-11(10)17/h1-7H,(H,16,17). The molecule has 0 saturated heterocycles. The summed E-state index contributed by atoms with van der Waals surface area (Å²) in [7, 11) is 0. The van der Waals surface area contributed by atoms with Gasteiger partial charge < -0.3 is 4.98 Å². The molecule has 2 rings (SSSR count). The van der Waals surface area contributed by atoms with Crippen molar-refractivity contribution in [2.24, 2.45) is 0 Å². The molecule has 0 bridgehead atoms. The highest BCUT2D eigenvalue weighted by Gasteiger charge is 2.29. The van der Waals surface area contributed by atoms with Gasteiger partial charge in [0, 0.05) is 11.8 Å². The van der Waals surface area contributed by atoms with E-state index >= 15 is 0 Å². The van der Waals surface area contributed by atoms with Gasteiger partial charge in [-0.1, -0.05) is 12.1 Å². The predicted molar refractivity (Wildman–Crippen MR) is 57.5 cm³/mol. The van der Waals surface area contributed by atoms with Gasteiger partial charge in [-0.05, 0) is 29.8 Å². The molecule has 0 atom stereocenters. The van der Waals surface area contributed by atoms with Gasteiger partial charge in [0.25, 0.3) is 5.56 Å². The minimum absolute atomic E-state index is 0.327. The predicted octanol–water partition coefficient (Wildman–Crippen LogP) is 3.06. The Morgan fingerprint density at radius 1 is 1.00 bits per heavy atom. The van der Waals surface area contributed by atoms with Crippen LogP contribution in [0.2, 0.25) is 0 Å². The van der Waals surface area contributed by atoms with Gasteiger partial charge in [-0.3, -0.25) is 4.79 Å². The number of hydrogen-bond acceptors (Lipinski definition) is 1. The summed E-state index contributed by atoms with van der Waals surface area (Å²) in [5, 5.41) is 0. The number of benzene rings is 1. The first-order valence-corrected chi connectivity index (χ1v) is 4.84. The summed E-state index contributed by atoms with van der Waals surface area (Å²) in [4.78, 5) is 13.9. The minimum Gasteiger partial charge on any atom is -0.329 e. The van der Waals surface area contributed by atoms with E-state index in [0.29, 0.717) is 11.1 Å². The van der Waals surface area contributed by atoms with Crippen LogP contribution < -0.4 is 5.56 Å². The smallest absolute Gasteiger partial charge is 0.329 e. The fourth-order valence-electron chi connectivity index (χ4n) is 1.49. The van der Waals surface area contributed by atoms with E-state index in [4.69, 9.17) is 0 Å². The lowest BCUT2D eigenvalue weighted by Gasteiger charge is -2.07. The van der Waals surface area contributed by atoms with E-state index in [-0.39, 0.29) is 5.56 Å². The summed E-state index contributed by atoms with van der Waals surface area (Å²) in [6.07, 6.45) is -2.89. The first-order valence-electron chi connectivity index (χ1n) is 4.84. The van der Waals surface area contributed by atoms with Crippen molar-refractivity contribution in [1.29, 1.82) is 0 Å². The molecule has 0 aliphatic carbocycles. The minimum atomic E-state index is -4.36. The topological polar surface area (TPSA) is 32.9 Å². The van der Waals surface area contributed by atoms with Crippen molar-refractivity contribution >= 4 is 0 Å². The number of alkyl halides is 3. The Morgan fingerprint density at radius 2 is 1.65 bits per heavy atom. The molecule has 17 heavy (non-hydrogen) atoms. The molecule has 0 spiro atoms. The van der Waals surface area contributed by atoms with Gasteiger partial charge >= 0.3 is 6.18 Å². The number of aromatic amines is 1. The molecule has 0 aliphatic heterocycles. The van der Waals surface area contributed by atoms with Crippen LogP contribution >= 0.6 is 0 Å². The summed E-state index contributed by atoms with van der Waals surface area (Å²) in [5.74, 6) is 0. The van der Waals surface area contributed by atoms with Crippen LogP contribution in [0.15, 0.2) is 47.4 Å². The van der Waals surface area contributed by atoms with Crippen molar-refractivity contribution in [3.8, 4) is 11.1 Å². The highest BCUT2D eigenvalue weighted by molar-refractivity contribution is 5.62. The number of nitrogens with one attached hydrogen (secondary N) is 1. The van der Waals surface area contributed by atoms with Crippen LogP contribution in [0.1, 0.15) is 5.56 Å². The van der Waals surface area contributed by atoms with Crippen LogP contribution in [0.3, 0.4) is 0 Å². The lowest BCUT2D eigenvalue weighted by atomic mass is 10.1. The van der Waals surface area contributed by atoms with Crippen molar-refractivity contribution in [3.63, 3.8) is 0 Å². The lowest BCUT2D eigenvalue weighted by molar-refractivity contribution is -0.137. The van der Waals surface area contributed by atoms with E-state index in [1.807, 2.05) is 0 Å². The molecule has 1 aromatic carbocycles. The molecular weight excluding hydrogens is 231 g/mol. The monoisotopic (exact) mass is 239 g/mol. The van der Waals surface area contributed by atoms with E-state index in [0.717, 1.165) is 12.1 Å². The van der Waals surface area contributed by atoms with Crippen molar-refractivity contribution in [3.05, 3.63) is 58.5 Å². The molecule has 1 heterocycles. The van der Waals surface area contributed by atoms with E-state index < -0.39 is 11.7 Å². The maximum Gasteiger partial charge on any atom is 0.416 e. The average molecular weight is 239 g/mol. The summed E-state index contributed by atoms with van der Waals surface area (Å²) >= 11 is 0. The normalized spacial score (nSPS) is 11.5. The van der Waals surface area contributed by atoms with Gasteiger partial charge in [0.05, 0.1) is 5.56 Å². The molecule has 0 saturated carbocycles. The van der Waals surface area contributed by atoms with Crippen LogP contribution in [-0.4, -0.2) is 4.98 Å². The summed E-state index contributed by atoms with van der Waals surface area (Å²) in [6.45, 7) is 0. The van der Waals surface area contributed by atoms with Gasteiger partial charge in [-0.25, -0.2) is 0 Å². The number of halogens is 3. The zero-order valence-electron chi connectivity index (χ0n) is 8.58. The van der Waals surface area contributed by atoms with Gasteiger partial charge in [0.1, 0.15) is 0 Å². The quantitative estimate of drug-likeness (QED) is 0.815. The van der Waals surface area contributed by atoms with Crippen LogP contribution in [0.25, 0.3) is 11.1 Å². The second-order valence-electron chi connectivity index (χ2n) is 3.49. The van der Waals surface area contributed by atoms with E-state index in [2.05, 4.69) is 4.98 Å². The maximum atomic E-state index is 12.3. The highest BCUT2D eigenvalue weighted by Crippen LogP contribution is 2.30. The first kappa shape index (κ1) is 11.4. The van der Waals surface area contributed by atoms with Crippen molar-refractivity contribution in [2.45, 2.75) is 6.18 Å². The Bertz CT molecular complexity index is 569. The summed E-state index contributed by atoms with van der Waals surface area (Å²) < 4.78 is 37.0. The van der Waals surface area contributed by atoms with E-state index in [9.17, 15) is 18.0 Å². The van der Waals surface area contributed by atoms with Crippen molar-refractivity contribution in [2.75, 3.05) is 0 Å². The number of aromatic nitrogens is 1. The molecule has 1 N–H and O–H groups in total. The average Bonchev–Trinajstić information content (AvgIpc) is 2.29. The fourth-order valence-corrected chi connectivity index (χ4v) is 1.49. The van der Waals surface area contributed by atoms with Gasteiger partial charge in [0.15, 0.2) is 0 Å². The van der Waals surface area contributed by atoms with Gasteiger partial charge in [-0.15, -0.1) is 0 Å². The van der Waals surface area contributed by atoms with Gasteiger partial charge in [0.2, 0.25) is 0 Å². The molecular formula is C12H8F3NO. The Morgan fingerprint density at radius 3 is 2.18 bits per heavy atom. The van der Waals surface area contributed by atoms with Crippen LogP contribution in [0.5, 0.6) is 0 Å². The second kappa shape index (κ2) is 4.08. The first-order chi connectivity index (χ1) is 7.98. The zero-order chi connectivity index (χ0) is 12.5. The van der Waals surface area contributed by atoms with Crippen LogP contribution in [0.4, 0.5) is 13.2 Å². The van der Waals surface area contributed by atoms with Crippen LogP contribution in [0, 0.1) is 0 Å². The fraction of sp³-hybridized carbons (Fsp3) is 0.0833. The number of H-pyrrole nitrogens is 1. The van der Waals surface area contributed by atoms with E-state index in [1.165, 1.54) is 18.3 Å². The number of rotatable bonds is 1. The Labute approximate surface area is 94.7 Å². The molecule has 0 amide bonds. The molecule has 0 unspecified atom stereocenters. The molecule has 0 fully saturated rings. The molecule has 88 valence electrons. The zero-order valence-corrected chi connectivity index (χ0v) is 8.58. The molecule has 2 nitrogen and oxygen atoms in total. The van der Waals surface area contributed by atoms with Crippen molar-refractivity contribution < 1.29 is 13.2 Å². The molecule has 0 aliphatic rings. The number of hydrogen-bond donors (Lipinski definition) is 1. The SMILES string of the molecule is O=c1[nH]cccc1-c1ccc(C(F)(F)F)cc1. The Balaban J connectivity index is 2.44. The Kier molecular flexibility index (Phi) is 2.75. The van der Waals surface area contributed by atoms with E-state index in [1.54, 1.807) is 12.1 Å². The summed E-state index contributed by atoms with van der Waals surface area (Å²) in [6, 6.07) is 7.67. The molecule has 1 aromatic heterocycles. The summed E-state index contributed by atoms with van der Waals surface area (Å²) in [5.41, 5.74) is -0.248. The highest BCUT2D eigenvalue weighted by atomic mass is 19.4. The largest absolute Gasteiger partial charge is 0.416 e. The van der Waals surface area contributed by atoms with Crippen LogP contribution in [-0.2, 0) is 6.18 Å². The Hall–Kier alpha value is -2.04. The second-order valence-corrected chi connectivity index (χ2v) is 3.49. The third kappa shape index (κ3) is 2.38. The number of pyridine rings is 1.